The van der Waals surface area contributed by atoms with Crippen LogP contribution in [0, 0.1) is 0 Å². The average Bonchev–Trinajstić information content (AvgIpc) is 3.39. The van der Waals surface area contributed by atoms with Crippen molar-refractivity contribution < 1.29 is 17.9 Å². The van der Waals surface area contributed by atoms with Gasteiger partial charge < -0.3 is 15.4 Å². The van der Waals surface area contributed by atoms with Gasteiger partial charge in [-0.1, -0.05) is 45.7 Å². The van der Waals surface area contributed by atoms with E-state index in [2.05, 4.69) is 31.5 Å². The fraction of sp³-hybridized carbons (Fsp3) is 0.154. The van der Waals surface area contributed by atoms with Crippen molar-refractivity contribution >= 4 is 65.6 Å². The molecule has 4 aromatic rings. The van der Waals surface area contributed by atoms with Crippen molar-refractivity contribution in [3.63, 3.8) is 0 Å². The number of sulfonamides is 1. The van der Waals surface area contributed by atoms with Crippen LogP contribution in [-0.2, 0) is 21.4 Å². The molecule has 8 nitrogen and oxygen atoms in total. The summed E-state index contributed by atoms with van der Waals surface area (Å²) < 4.78 is 34.4. The Morgan fingerprint density at radius 2 is 1.87 bits per heavy atom. The summed E-state index contributed by atoms with van der Waals surface area (Å²) in [5, 5.41) is 8.87. The minimum atomic E-state index is -4.04. The van der Waals surface area contributed by atoms with E-state index in [-0.39, 0.29) is 11.4 Å². The standard InChI is InChI=1S/C26H24BrClN4O4S2/c1-29-26-31-23(16-37-26)17-7-12-24(36-2)22(13-17)30-25(33)15-32(14-18-5-3-4-6-21(18)28)38(34,35)20-10-8-19(27)9-11-20/h3-13,16H,14-15H2,1-2H3,(H,29,31)(H,30,33). The van der Waals surface area contributed by atoms with Crippen molar-refractivity contribution in [2.24, 2.45) is 0 Å². The molecule has 0 bridgehead atoms. The van der Waals surface area contributed by atoms with Gasteiger partial charge in [0.15, 0.2) is 5.13 Å². The van der Waals surface area contributed by atoms with Crippen molar-refractivity contribution in [3.05, 3.63) is 87.2 Å². The molecule has 0 spiro atoms. The summed E-state index contributed by atoms with van der Waals surface area (Å²) in [5.74, 6) is -0.109. The van der Waals surface area contributed by atoms with Crippen LogP contribution in [0.25, 0.3) is 11.3 Å². The van der Waals surface area contributed by atoms with E-state index in [1.807, 2.05) is 11.4 Å². The Labute approximate surface area is 238 Å². The summed E-state index contributed by atoms with van der Waals surface area (Å²) in [6, 6.07) is 18.5. The summed E-state index contributed by atoms with van der Waals surface area (Å²) in [6.07, 6.45) is 0. The van der Waals surface area contributed by atoms with E-state index in [1.165, 1.54) is 30.6 Å². The molecule has 12 heteroatoms. The highest BCUT2D eigenvalue weighted by Gasteiger charge is 2.28. The van der Waals surface area contributed by atoms with Gasteiger partial charge in [-0.3, -0.25) is 4.79 Å². The molecule has 0 saturated heterocycles. The smallest absolute Gasteiger partial charge is 0.243 e. The number of hydrogen-bond donors (Lipinski definition) is 2. The molecule has 2 N–H and O–H groups in total. The van der Waals surface area contributed by atoms with Crippen LogP contribution in [0.3, 0.4) is 0 Å². The lowest BCUT2D eigenvalue weighted by Gasteiger charge is -2.23. The largest absolute Gasteiger partial charge is 0.495 e. The predicted octanol–water partition coefficient (Wildman–Crippen LogP) is 6.11. The van der Waals surface area contributed by atoms with Gasteiger partial charge in [-0.05, 0) is 54.1 Å². The number of nitrogens with one attached hydrogen (secondary N) is 2. The van der Waals surface area contributed by atoms with E-state index >= 15 is 0 Å². The van der Waals surface area contributed by atoms with Crippen LogP contribution in [0.4, 0.5) is 10.8 Å². The third-order valence-electron chi connectivity index (χ3n) is 5.56. The Morgan fingerprint density at radius 3 is 2.53 bits per heavy atom. The van der Waals surface area contributed by atoms with Gasteiger partial charge in [-0.2, -0.15) is 4.31 Å². The van der Waals surface area contributed by atoms with E-state index in [4.69, 9.17) is 16.3 Å². The molecule has 0 fully saturated rings. The van der Waals surface area contributed by atoms with Crippen LogP contribution < -0.4 is 15.4 Å². The van der Waals surface area contributed by atoms with E-state index in [0.717, 1.165) is 25.2 Å². The molecule has 1 aromatic heterocycles. The molecule has 1 amide bonds. The van der Waals surface area contributed by atoms with Gasteiger partial charge in [0.25, 0.3) is 0 Å². The first kappa shape index (κ1) is 28.1. The third-order valence-corrected chi connectivity index (χ3v) is 9.13. The highest BCUT2D eigenvalue weighted by atomic mass is 79.9. The maximum atomic E-state index is 13.6. The minimum absolute atomic E-state index is 0.0593. The fourth-order valence-corrected chi connectivity index (χ4v) is 6.15. The van der Waals surface area contributed by atoms with Crippen LogP contribution in [-0.4, -0.2) is 44.3 Å². The summed E-state index contributed by atoms with van der Waals surface area (Å²) in [4.78, 5) is 17.8. The van der Waals surface area contributed by atoms with Gasteiger partial charge in [-0.15, -0.1) is 11.3 Å². The van der Waals surface area contributed by atoms with Crippen molar-refractivity contribution in [3.8, 4) is 17.0 Å². The van der Waals surface area contributed by atoms with Gasteiger partial charge in [0.2, 0.25) is 15.9 Å². The van der Waals surface area contributed by atoms with Gasteiger partial charge in [0, 0.05) is 34.0 Å². The molecule has 0 atom stereocenters. The summed E-state index contributed by atoms with van der Waals surface area (Å²) in [6.45, 7) is -0.536. The zero-order valence-corrected chi connectivity index (χ0v) is 24.4. The molecule has 0 unspecified atom stereocenters. The number of hydrogen-bond acceptors (Lipinski definition) is 7. The molecule has 3 aromatic carbocycles. The number of aromatic nitrogens is 1. The normalized spacial score (nSPS) is 11.4. The number of ether oxygens (including phenoxy) is 1. The minimum Gasteiger partial charge on any atom is -0.495 e. The molecular formula is C26H24BrClN4O4S2. The molecule has 0 radical (unpaired) electrons. The summed E-state index contributed by atoms with van der Waals surface area (Å²) in [7, 11) is -0.756. The lowest BCUT2D eigenvalue weighted by molar-refractivity contribution is -0.116. The van der Waals surface area contributed by atoms with E-state index in [0.29, 0.717) is 22.0 Å². The lowest BCUT2D eigenvalue weighted by atomic mass is 10.1. The Bertz CT molecular complexity index is 1550. The molecule has 0 aliphatic heterocycles. The van der Waals surface area contributed by atoms with Crippen molar-refractivity contribution in [2.45, 2.75) is 11.4 Å². The highest BCUT2D eigenvalue weighted by Crippen LogP contribution is 2.32. The zero-order valence-electron chi connectivity index (χ0n) is 20.4. The monoisotopic (exact) mass is 634 g/mol. The number of rotatable bonds is 10. The maximum absolute atomic E-state index is 13.6. The second-order valence-corrected chi connectivity index (χ2v) is 12.2. The van der Waals surface area contributed by atoms with Crippen LogP contribution in [0.5, 0.6) is 5.75 Å². The topological polar surface area (TPSA) is 101 Å². The lowest BCUT2D eigenvalue weighted by Crippen LogP contribution is -2.37. The third kappa shape index (κ3) is 6.54. The van der Waals surface area contributed by atoms with Gasteiger partial charge in [0.1, 0.15) is 5.75 Å². The highest BCUT2D eigenvalue weighted by molar-refractivity contribution is 9.10. The Balaban J connectivity index is 1.63. The first-order valence-corrected chi connectivity index (χ1v) is 14.8. The summed E-state index contributed by atoms with van der Waals surface area (Å²) in [5.41, 5.74) is 2.48. The number of nitrogens with zero attached hydrogens (tertiary/aromatic N) is 2. The number of thiazole rings is 1. The van der Waals surface area contributed by atoms with Gasteiger partial charge in [-0.25, -0.2) is 13.4 Å². The molecular weight excluding hydrogens is 612 g/mol. The van der Waals surface area contributed by atoms with Crippen LogP contribution in [0.1, 0.15) is 5.56 Å². The number of amides is 1. The molecule has 1 heterocycles. The zero-order chi connectivity index (χ0) is 27.3. The molecule has 4 rings (SSSR count). The van der Waals surface area contributed by atoms with Crippen molar-refractivity contribution in [2.75, 3.05) is 31.3 Å². The number of halogens is 2. The maximum Gasteiger partial charge on any atom is 0.243 e. The van der Waals surface area contributed by atoms with Crippen LogP contribution in [0.2, 0.25) is 5.02 Å². The average molecular weight is 636 g/mol. The molecule has 38 heavy (non-hydrogen) atoms. The molecule has 0 aliphatic rings. The number of benzene rings is 3. The van der Waals surface area contributed by atoms with Crippen LogP contribution in [0.15, 0.2) is 81.5 Å². The number of carbonyl (C=O) groups is 1. The Morgan fingerprint density at radius 1 is 1.13 bits per heavy atom. The van der Waals surface area contributed by atoms with Gasteiger partial charge >= 0.3 is 0 Å². The predicted molar refractivity (Wildman–Crippen MR) is 155 cm³/mol. The SMILES string of the molecule is CNc1nc(-c2ccc(OC)c(NC(=O)CN(Cc3ccccc3Cl)S(=O)(=O)c3ccc(Br)cc3)c2)cs1. The Hall–Kier alpha value is -2.96. The molecule has 0 aliphatic carbocycles. The fourth-order valence-electron chi connectivity index (χ4n) is 3.63. The van der Waals surface area contributed by atoms with Crippen molar-refractivity contribution in [1.29, 1.82) is 0 Å². The summed E-state index contributed by atoms with van der Waals surface area (Å²) >= 11 is 11.1. The van der Waals surface area contributed by atoms with E-state index in [1.54, 1.807) is 55.6 Å². The number of carbonyl (C=O) groups excluding carboxylic acids is 1. The van der Waals surface area contributed by atoms with E-state index < -0.39 is 22.5 Å². The van der Waals surface area contributed by atoms with Crippen LogP contribution >= 0.6 is 38.9 Å². The number of anilines is 2. The first-order valence-electron chi connectivity index (χ1n) is 11.3. The van der Waals surface area contributed by atoms with Crippen molar-refractivity contribution in [1.82, 2.24) is 9.29 Å². The molecule has 198 valence electrons. The Kier molecular flexibility index (Phi) is 9.06. The molecule has 0 saturated carbocycles. The number of methoxy groups -OCH3 is 1. The second-order valence-electron chi connectivity index (χ2n) is 8.07. The van der Waals surface area contributed by atoms with Gasteiger partial charge in [0.05, 0.1) is 29.9 Å². The first-order chi connectivity index (χ1) is 18.2. The second kappa shape index (κ2) is 12.3. The van der Waals surface area contributed by atoms with E-state index in [9.17, 15) is 13.2 Å². The quantitative estimate of drug-likeness (QED) is 0.218.